The van der Waals surface area contributed by atoms with Gasteiger partial charge in [0.25, 0.3) is 0 Å². The molecule has 3 unspecified atom stereocenters. The highest BCUT2D eigenvalue weighted by atomic mass is 35.5. The number of nitrogens with one attached hydrogen (secondary N) is 1. The Morgan fingerprint density at radius 2 is 1.77 bits per heavy atom. The van der Waals surface area contributed by atoms with Crippen LogP contribution in [0.3, 0.4) is 0 Å². The number of amides is 1. The van der Waals surface area contributed by atoms with Crippen LogP contribution in [0.25, 0.3) is 11.1 Å². The Hall–Kier alpha value is -2.53. The third-order valence-electron chi connectivity index (χ3n) is 7.65. The fourth-order valence-electron chi connectivity index (χ4n) is 5.64. The van der Waals surface area contributed by atoms with Gasteiger partial charge in [-0.25, -0.2) is 0 Å². The lowest BCUT2D eigenvalue weighted by molar-refractivity contribution is -0.145. The Balaban J connectivity index is 1.46. The molecule has 0 radical (unpaired) electrons. The number of hydrogen-bond acceptors (Lipinski definition) is 4. The van der Waals surface area contributed by atoms with Gasteiger partial charge in [-0.15, -0.1) is 0 Å². The molecule has 0 bridgehead atoms. The fraction of sp³-hybridized carbons (Fsp3) is 0.517. The number of carbonyl (C=O) groups is 2. The first kappa shape index (κ1) is 25.6. The number of hydrogen-bond donors (Lipinski definition) is 1. The molecule has 1 N–H and O–H groups in total. The van der Waals surface area contributed by atoms with E-state index in [4.69, 9.17) is 21.1 Å². The minimum Gasteiger partial charge on any atom is -0.494 e. The molecule has 188 valence electrons. The molecule has 1 aliphatic heterocycles. The van der Waals surface area contributed by atoms with E-state index in [1.54, 1.807) is 0 Å². The number of carbonyl (C=O) groups excluding carboxylic acids is 2. The highest BCUT2D eigenvalue weighted by Gasteiger charge is 2.39. The van der Waals surface area contributed by atoms with Crippen molar-refractivity contribution in [3.05, 3.63) is 53.1 Å². The molecule has 0 spiro atoms. The SMILES string of the molecule is COC(=O)C(C)CCOc1ccc(-c2ccc(C(C3CCCCC3)C3CCNC3=O)c(Cl)c2)cc1. The number of benzene rings is 2. The summed E-state index contributed by atoms with van der Waals surface area (Å²) in [6, 6.07) is 14.2. The zero-order chi connectivity index (χ0) is 24.8. The predicted octanol–water partition coefficient (Wildman–Crippen LogP) is 6.39. The van der Waals surface area contributed by atoms with E-state index in [1.165, 1.54) is 39.2 Å². The molecule has 1 saturated heterocycles. The first-order chi connectivity index (χ1) is 17.0. The molecule has 1 saturated carbocycles. The standard InChI is InChI=1S/C29H36ClNO4/c1-19(29(33)34-2)15-17-35-23-11-8-20(9-12-23)22-10-13-24(26(30)18-22)27(21-6-4-3-5-7-21)25-14-16-31-28(25)32/h8-13,18-19,21,25,27H,3-7,14-17H2,1-2H3,(H,31,32). The average molecular weight is 498 g/mol. The minimum atomic E-state index is -0.219. The summed E-state index contributed by atoms with van der Waals surface area (Å²) in [5, 5.41) is 3.78. The predicted molar refractivity (Wildman–Crippen MR) is 139 cm³/mol. The van der Waals surface area contributed by atoms with E-state index in [1.807, 2.05) is 37.3 Å². The molecule has 2 fully saturated rings. The largest absolute Gasteiger partial charge is 0.494 e. The molecule has 35 heavy (non-hydrogen) atoms. The van der Waals surface area contributed by atoms with Gasteiger partial charge in [0.15, 0.2) is 0 Å². The van der Waals surface area contributed by atoms with Gasteiger partial charge in [0, 0.05) is 17.5 Å². The lowest BCUT2D eigenvalue weighted by atomic mass is 9.70. The normalized spacial score (nSPS) is 20.2. The third kappa shape index (κ3) is 6.19. The molecule has 3 atom stereocenters. The molecule has 4 rings (SSSR count). The van der Waals surface area contributed by atoms with E-state index >= 15 is 0 Å². The summed E-state index contributed by atoms with van der Waals surface area (Å²) in [5.74, 6) is 1.24. The van der Waals surface area contributed by atoms with Crippen molar-refractivity contribution in [2.75, 3.05) is 20.3 Å². The first-order valence-electron chi connectivity index (χ1n) is 12.9. The summed E-state index contributed by atoms with van der Waals surface area (Å²) >= 11 is 6.89. The molecule has 6 heteroatoms. The van der Waals surface area contributed by atoms with Crippen molar-refractivity contribution >= 4 is 23.5 Å². The van der Waals surface area contributed by atoms with Crippen LogP contribution in [-0.2, 0) is 14.3 Å². The van der Waals surface area contributed by atoms with Gasteiger partial charge in [-0.05, 0) is 72.4 Å². The Labute approximate surface area is 213 Å². The number of methoxy groups -OCH3 is 1. The van der Waals surface area contributed by atoms with Gasteiger partial charge < -0.3 is 14.8 Å². The summed E-state index contributed by atoms with van der Waals surface area (Å²) in [5.41, 5.74) is 3.22. The summed E-state index contributed by atoms with van der Waals surface area (Å²) in [6.45, 7) is 3.05. The van der Waals surface area contributed by atoms with Crippen molar-refractivity contribution in [1.82, 2.24) is 5.32 Å². The van der Waals surface area contributed by atoms with Gasteiger partial charge in [0.1, 0.15) is 5.75 Å². The van der Waals surface area contributed by atoms with E-state index in [0.717, 1.165) is 40.4 Å². The average Bonchev–Trinajstić information content (AvgIpc) is 3.31. The van der Waals surface area contributed by atoms with Crippen LogP contribution in [0.1, 0.15) is 63.4 Å². The molecule has 2 aliphatic rings. The maximum Gasteiger partial charge on any atom is 0.308 e. The third-order valence-corrected chi connectivity index (χ3v) is 7.98. The van der Waals surface area contributed by atoms with Crippen LogP contribution in [0.5, 0.6) is 5.75 Å². The molecule has 2 aromatic rings. The van der Waals surface area contributed by atoms with Crippen molar-refractivity contribution in [3.63, 3.8) is 0 Å². The zero-order valence-electron chi connectivity index (χ0n) is 20.7. The fourth-order valence-corrected chi connectivity index (χ4v) is 5.95. The summed E-state index contributed by atoms with van der Waals surface area (Å²) in [6.07, 6.45) is 7.60. The second-order valence-corrected chi connectivity index (χ2v) is 10.3. The number of ether oxygens (including phenoxy) is 2. The number of halogens is 1. The maximum absolute atomic E-state index is 12.6. The topological polar surface area (TPSA) is 64.6 Å². The second kappa shape index (κ2) is 11.9. The molecular formula is C29H36ClNO4. The van der Waals surface area contributed by atoms with E-state index in [0.29, 0.717) is 18.9 Å². The molecule has 1 aliphatic carbocycles. The number of rotatable bonds is 9. The van der Waals surface area contributed by atoms with Crippen LogP contribution in [0.2, 0.25) is 5.02 Å². The van der Waals surface area contributed by atoms with Gasteiger partial charge in [-0.3, -0.25) is 9.59 Å². The monoisotopic (exact) mass is 497 g/mol. The van der Waals surface area contributed by atoms with Gasteiger partial charge in [-0.2, -0.15) is 0 Å². The molecule has 1 amide bonds. The van der Waals surface area contributed by atoms with Crippen LogP contribution in [-0.4, -0.2) is 32.1 Å². The highest BCUT2D eigenvalue weighted by molar-refractivity contribution is 6.31. The van der Waals surface area contributed by atoms with E-state index in [-0.39, 0.29) is 29.6 Å². The van der Waals surface area contributed by atoms with E-state index < -0.39 is 0 Å². The smallest absolute Gasteiger partial charge is 0.308 e. The van der Waals surface area contributed by atoms with Crippen LogP contribution in [0, 0.1) is 17.8 Å². The van der Waals surface area contributed by atoms with Crippen molar-refractivity contribution in [3.8, 4) is 16.9 Å². The van der Waals surface area contributed by atoms with Gasteiger partial charge in [-0.1, -0.05) is 62.1 Å². The molecular weight excluding hydrogens is 462 g/mol. The maximum atomic E-state index is 12.6. The van der Waals surface area contributed by atoms with Crippen molar-refractivity contribution in [2.24, 2.45) is 17.8 Å². The Morgan fingerprint density at radius 1 is 1.06 bits per heavy atom. The number of esters is 1. The van der Waals surface area contributed by atoms with Gasteiger partial charge in [0.2, 0.25) is 5.91 Å². The Morgan fingerprint density at radius 3 is 2.40 bits per heavy atom. The van der Waals surface area contributed by atoms with Crippen molar-refractivity contribution < 1.29 is 19.1 Å². The van der Waals surface area contributed by atoms with E-state index in [2.05, 4.69) is 17.4 Å². The van der Waals surface area contributed by atoms with Crippen LogP contribution >= 0.6 is 11.6 Å². The quantitative estimate of drug-likeness (QED) is 0.408. The summed E-state index contributed by atoms with van der Waals surface area (Å²) in [4.78, 5) is 24.2. The van der Waals surface area contributed by atoms with Crippen molar-refractivity contribution in [1.29, 1.82) is 0 Å². The highest BCUT2D eigenvalue weighted by Crippen LogP contribution is 2.45. The molecule has 5 nitrogen and oxygen atoms in total. The second-order valence-electron chi connectivity index (χ2n) is 9.93. The molecule has 0 aromatic heterocycles. The summed E-state index contributed by atoms with van der Waals surface area (Å²) in [7, 11) is 1.40. The Bertz CT molecular complexity index is 1020. The Kier molecular flexibility index (Phi) is 8.72. The minimum absolute atomic E-state index is 0.0137. The lowest BCUT2D eigenvalue weighted by Gasteiger charge is -2.34. The summed E-state index contributed by atoms with van der Waals surface area (Å²) < 4.78 is 10.6. The van der Waals surface area contributed by atoms with Crippen LogP contribution < -0.4 is 10.1 Å². The van der Waals surface area contributed by atoms with Gasteiger partial charge in [0.05, 0.1) is 19.6 Å². The molecule has 1 heterocycles. The van der Waals surface area contributed by atoms with Crippen molar-refractivity contribution in [2.45, 2.75) is 57.8 Å². The van der Waals surface area contributed by atoms with Crippen LogP contribution in [0.4, 0.5) is 0 Å². The molecule has 2 aromatic carbocycles. The zero-order valence-corrected chi connectivity index (χ0v) is 21.5. The first-order valence-corrected chi connectivity index (χ1v) is 13.2. The van der Waals surface area contributed by atoms with Gasteiger partial charge >= 0.3 is 5.97 Å². The van der Waals surface area contributed by atoms with Crippen LogP contribution in [0.15, 0.2) is 42.5 Å². The lowest BCUT2D eigenvalue weighted by Crippen LogP contribution is -2.29. The van der Waals surface area contributed by atoms with E-state index in [9.17, 15) is 9.59 Å².